The van der Waals surface area contributed by atoms with Gasteiger partial charge in [-0.3, -0.25) is 14.3 Å². The van der Waals surface area contributed by atoms with Crippen molar-refractivity contribution < 1.29 is 88.9 Å². The largest absolute Gasteiger partial charge is 0.462 e. The maximum Gasteiger partial charge on any atom is 0.462 e. The Balaban J connectivity index is 6.67. The Kier molecular flexibility index (Phi) is 8.53. The number of carbonyl (C=O) groups excluding carboxylic acids is 1. The molecule has 0 rings (SSSR count). The average molecular weight is 551 g/mol. The van der Waals surface area contributed by atoms with Gasteiger partial charge >= 0.3 is 48.4 Å². The summed E-state index contributed by atoms with van der Waals surface area (Å²) in [5, 5.41) is 0.881. The zero-order chi connectivity index (χ0) is 28.0. The zero-order valence-corrected chi connectivity index (χ0v) is 15.9. The predicted octanol–water partition coefficient (Wildman–Crippen LogP) is 5.63. The molecule has 0 aromatic rings. The second-order valence-corrected chi connectivity index (χ2v) is 6.60. The van der Waals surface area contributed by atoms with Crippen molar-refractivity contribution in [3.05, 3.63) is 0 Å². The highest BCUT2D eigenvalue weighted by Gasteiger charge is 2.85. The molecule has 0 radical (unpaired) electrons. The molecule has 4 nitrogen and oxygen atoms in total. The van der Waals surface area contributed by atoms with Crippen molar-refractivity contribution in [3.8, 4) is 0 Å². The molecule has 0 saturated carbocycles. The molecule has 0 saturated heterocycles. The molecule has 2 atom stereocenters. The molecule has 0 aromatic heterocycles. The molecule has 0 spiro atoms. The van der Waals surface area contributed by atoms with Crippen molar-refractivity contribution >= 4 is 5.91 Å². The van der Waals surface area contributed by atoms with E-state index in [2.05, 4.69) is 0 Å². The van der Waals surface area contributed by atoms with E-state index in [0.717, 1.165) is 19.2 Å². The van der Waals surface area contributed by atoms with Gasteiger partial charge in [-0.1, -0.05) is 13.8 Å². The van der Waals surface area contributed by atoms with E-state index in [1.165, 1.54) is 4.74 Å². The highest BCUT2D eigenvalue weighted by molar-refractivity contribution is 5.84. The second-order valence-electron chi connectivity index (χ2n) is 6.60. The Morgan fingerprint density at radius 3 is 1.35 bits per heavy atom. The van der Waals surface area contributed by atoms with Gasteiger partial charge in [0.1, 0.15) is 0 Å². The molecular formula is C13H10F17NO3. The molecule has 0 aromatic carbocycles. The number of hydrogen-bond donors (Lipinski definition) is 1. The SMILES string of the molecule is CC(C)CNC(=O)[C@](F)(OC(F)(F)[C@@](F)(OC(F)(F)C(F)(F)C(F)(F)F)C(F)(F)F)C(F)(F)F. The quantitative estimate of drug-likeness (QED) is 0.378. The Morgan fingerprint density at radius 2 is 1.06 bits per heavy atom. The van der Waals surface area contributed by atoms with Crippen LogP contribution in [0.1, 0.15) is 13.8 Å². The third kappa shape index (κ3) is 5.88. The zero-order valence-electron chi connectivity index (χ0n) is 15.9. The first kappa shape index (κ1) is 32.2. The van der Waals surface area contributed by atoms with Crippen LogP contribution >= 0.6 is 0 Å². The van der Waals surface area contributed by atoms with Gasteiger partial charge in [-0.15, -0.1) is 0 Å². The minimum absolute atomic E-state index is 0.881. The molecular weight excluding hydrogens is 541 g/mol. The number of nitrogens with one attached hydrogen (secondary N) is 1. The summed E-state index contributed by atoms with van der Waals surface area (Å²) in [5.74, 6) is -26.9. The Bertz CT molecular complexity index is 728. The van der Waals surface area contributed by atoms with E-state index < -0.39 is 66.7 Å². The van der Waals surface area contributed by atoms with Crippen LogP contribution in [0.2, 0.25) is 0 Å². The maximum absolute atomic E-state index is 14.1. The van der Waals surface area contributed by atoms with Gasteiger partial charge in [0.25, 0.3) is 5.91 Å². The van der Waals surface area contributed by atoms with Crippen molar-refractivity contribution in [3.63, 3.8) is 0 Å². The summed E-state index contributed by atoms with van der Waals surface area (Å²) in [6.45, 7) is 1.16. The lowest BCUT2D eigenvalue weighted by Crippen LogP contribution is -2.68. The monoisotopic (exact) mass is 551 g/mol. The Hall–Kier alpha value is -1.80. The third-order valence-electron chi connectivity index (χ3n) is 3.33. The Labute approximate surface area is 176 Å². The van der Waals surface area contributed by atoms with E-state index in [1.807, 2.05) is 4.74 Å². The fraction of sp³-hybridized carbons (Fsp3) is 0.923. The van der Waals surface area contributed by atoms with Crippen LogP contribution in [0.3, 0.4) is 0 Å². The lowest BCUT2D eigenvalue weighted by atomic mass is 10.2. The van der Waals surface area contributed by atoms with Gasteiger partial charge in [0, 0.05) is 6.54 Å². The molecule has 0 aliphatic heterocycles. The summed E-state index contributed by atoms with van der Waals surface area (Å²) in [6, 6.07) is 0. The number of amides is 1. The summed E-state index contributed by atoms with van der Waals surface area (Å²) in [6.07, 6.45) is -38.4. The van der Waals surface area contributed by atoms with Crippen LogP contribution < -0.4 is 5.32 Å². The smallest absolute Gasteiger partial charge is 0.351 e. The first-order valence-corrected chi connectivity index (χ1v) is 7.90. The van der Waals surface area contributed by atoms with Crippen LogP contribution in [-0.2, 0) is 14.3 Å². The highest BCUT2D eigenvalue weighted by atomic mass is 19.4. The van der Waals surface area contributed by atoms with Crippen molar-refractivity contribution in [2.75, 3.05) is 6.54 Å². The van der Waals surface area contributed by atoms with Crippen LogP contribution in [0.5, 0.6) is 0 Å². The number of ether oxygens (including phenoxy) is 2. The van der Waals surface area contributed by atoms with Gasteiger partial charge in [0.2, 0.25) is 0 Å². The van der Waals surface area contributed by atoms with Gasteiger partial charge in [-0.25, -0.2) is 0 Å². The van der Waals surface area contributed by atoms with Crippen molar-refractivity contribution in [2.45, 2.75) is 62.2 Å². The first-order chi connectivity index (χ1) is 14.5. The second kappa shape index (κ2) is 9.01. The van der Waals surface area contributed by atoms with Gasteiger partial charge in [-0.05, 0) is 5.92 Å². The van der Waals surface area contributed by atoms with Crippen LogP contribution in [0.15, 0.2) is 0 Å². The van der Waals surface area contributed by atoms with E-state index in [1.54, 1.807) is 0 Å². The summed E-state index contributed by atoms with van der Waals surface area (Å²) in [7, 11) is 0. The van der Waals surface area contributed by atoms with Crippen LogP contribution in [0.4, 0.5) is 74.6 Å². The predicted molar refractivity (Wildman–Crippen MR) is 70.7 cm³/mol. The molecule has 1 amide bonds. The number of alkyl halides is 17. The Morgan fingerprint density at radius 1 is 0.647 bits per heavy atom. The van der Waals surface area contributed by atoms with Gasteiger partial charge in [0.15, 0.2) is 0 Å². The molecule has 0 aliphatic carbocycles. The molecule has 34 heavy (non-hydrogen) atoms. The fourth-order valence-corrected chi connectivity index (χ4v) is 1.57. The normalized spacial score (nSPS) is 18.5. The molecule has 0 fully saturated rings. The van der Waals surface area contributed by atoms with Gasteiger partial charge in [-0.2, -0.15) is 74.6 Å². The number of rotatable bonds is 9. The summed E-state index contributed by atoms with van der Waals surface area (Å²) >= 11 is 0. The fourth-order valence-electron chi connectivity index (χ4n) is 1.57. The van der Waals surface area contributed by atoms with Crippen LogP contribution in [0, 0.1) is 5.92 Å². The molecule has 0 aliphatic rings. The average Bonchev–Trinajstić information content (AvgIpc) is 2.55. The molecule has 204 valence electrons. The van der Waals surface area contributed by atoms with Crippen molar-refractivity contribution in [2.24, 2.45) is 5.92 Å². The van der Waals surface area contributed by atoms with Crippen LogP contribution in [0.25, 0.3) is 0 Å². The van der Waals surface area contributed by atoms with E-state index in [4.69, 9.17) is 0 Å². The summed E-state index contributed by atoms with van der Waals surface area (Å²) in [4.78, 5) is 11.3. The molecule has 21 heteroatoms. The minimum Gasteiger partial charge on any atom is -0.351 e. The number of carbonyl (C=O) groups is 1. The van der Waals surface area contributed by atoms with Crippen molar-refractivity contribution in [1.82, 2.24) is 5.32 Å². The van der Waals surface area contributed by atoms with E-state index in [9.17, 15) is 79.4 Å². The van der Waals surface area contributed by atoms with E-state index in [-0.39, 0.29) is 0 Å². The summed E-state index contributed by atoms with van der Waals surface area (Å²) in [5.41, 5.74) is 0. The van der Waals surface area contributed by atoms with Gasteiger partial charge < -0.3 is 5.32 Å². The van der Waals surface area contributed by atoms with E-state index >= 15 is 0 Å². The van der Waals surface area contributed by atoms with E-state index in [0.29, 0.717) is 0 Å². The maximum atomic E-state index is 14.1. The molecule has 1 N–H and O–H groups in total. The lowest BCUT2D eigenvalue weighted by Gasteiger charge is -2.40. The molecule has 0 unspecified atom stereocenters. The first-order valence-electron chi connectivity index (χ1n) is 7.90. The minimum atomic E-state index is -8.01. The number of hydrogen-bond acceptors (Lipinski definition) is 3. The third-order valence-corrected chi connectivity index (χ3v) is 3.33. The van der Waals surface area contributed by atoms with Gasteiger partial charge in [0.05, 0.1) is 0 Å². The topological polar surface area (TPSA) is 47.6 Å². The summed E-state index contributed by atoms with van der Waals surface area (Å²) < 4.78 is 223. The van der Waals surface area contributed by atoms with Crippen molar-refractivity contribution in [1.29, 1.82) is 0 Å². The standard InChI is InChI=1S/C13H10F17NO3/c1-4(2)3-31-5(32)6(14,9(18,19)20)33-13(29,30)8(17,11(24,25)26)34-12(27,28)7(15,16)10(21,22)23/h4H,3H2,1-2H3,(H,31,32)/t6-,8-/m0/s1. The molecule has 0 heterocycles. The molecule has 0 bridgehead atoms. The number of halogens is 17. The lowest BCUT2D eigenvalue weighted by molar-refractivity contribution is -0.548. The highest BCUT2D eigenvalue weighted by Crippen LogP contribution is 2.56. The van der Waals surface area contributed by atoms with Crippen LogP contribution in [-0.4, -0.2) is 60.8 Å².